The van der Waals surface area contributed by atoms with Crippen LogP contribution in [0.1, 0.15) is 30.9 Å². The molecule has 222 valence electrons. The Kier molecular flexibility index (Phi) is 10.9. The summed E-state index contributed by atoms with van der Waals surface area (Å²) in [5.74, 6) is 0.629. The van der Waals surface area contributed by atoms with Gasteiger partial charge in [0.25, 0.3) is 10.0 Å². The molecule has 2 aliphatic rings. The number of hydrogen-bond donors (Lipinski definition) is 1. The SMILES string of the molecule is CCCN(CCN1CCN(c2ccccc2)CC1)C1CCc2ccc(NS(=O)(=O)c3ccc(OC)cc3)cc2C1.Cl. The maximum atomic E-state index is 13.0. The van der Waals surface area contributed by atoms with Crippen molar-refractivity contribution >= 4 is 33.8 Å². The maximum absolute atomic E-state index is 13.0. The van der Waals surface area contributed by atoms with Gasteiger partial charge in [0.05, 0.1) is 12.0 Å². The van der Waals surface area contributed by atoms with Crippen LogP contribution >= 0.6 is 12.4 Å². The van der Waals surface area contributed by atoms with Crippen molar-refractivity contribution in [2.75, 3.05) is 62.5 Å². The van der Waals surface area contributed by atoms with Crippen LogP contribution in [0.15, 0.2) is 77.7 Å². The third kappa shape index (κ3) is 7.95. The lowest BCUT2D eigenvalue weighted by atomic mass is 9.87. The molecule has 1 atom stereocenters. The number of hydrogen-bond acceptors (Lipinski definition) is 6. The van der Waals surface area contributed by atoms with E-state index in [2.05, 4.69) is 62.7 Å². The minimum Gasteiger partial charge on any atom is -0.497 e. The third-order valence-electron chi connectivity index (χ3n) is 8.25. The highest BCUT2D eigenvalue weighted by Crippen LogP contribution is 2.29. The van der Waals surface area contributed by atoms with Crippen molar-refractivity contribution in [3.63, 3.8) is 0 Å². The van der Waals surface area contributed by atoms with E-state index in [4.69, 9.17) is 4.74 Å². The highest BCUT2D eigenvalue weighted by atomic mass is 35.5. The number of nitrogens with zero attached hydrogens (tertiary/aromatic N) is 3. The van der Waals surface area contributed by atoms with Crippen molar-refractivity contribution in [1.29, 1.82) is 0 Å². The summed E-state index contributed by atoms with van der Waals surface area (Å²) in [6.07, 6.45) is 4.26. The standard InChI is InChI=1S/C32H42N4O3S.ClH/c1-3-17-35(21-18-34-19-22-36(23-20-34)29-7-5-4-6-8-29)30-12-10-26-9-11-28(24-27(26)25-30)33-40(37,38)32-15-13-31(39-2)14-16-32;/h4-9,11,13-16,24,30,33H,3,10,12,17-23,25H2,1-2H3;1H. The van der Waals surface area contributed by atoms with E-state index in [1.807, 2.05) is 12.1 Å². The van der Waals surface area contributed by atoms with Crippen LogP contribution in [-0.4, -0.2) is 77.2 Å². The molecule has 1 fully saturated rings. The maximum Gasteiger partial charge on any atom is 0.261 e. The van der Waals surface area contributed by atoms with Gasteiger partial charge in [0, 0.05) is 56.7 Å². The van der Waals surface area contributed by atoms with E-state index < -0.39 is 10.0 Å². The van der Waals surface area contributed by atoms with Crippen molar-refractivity contribution < 1.29 is 13.2 Å². The lowest BCUT2D eigenvalue weighted by Gasteiger charge is -2.39. The Labute approximate surface area is 251 Å². The van der Waals surface area contributed by atoms with E-state index in [1.54, 1.807) is 31.4 Å². The number of piperazine rings is 1. The monoisotopic (exact) mass is 598 g/mol. The molecule has 1 aliphatic carbocycles. The van der Waals surface area contributed by atoms with Crippen LogP contribution in [0, 0.1) is 0 Å². The number of benzene rings is 3. The zero-order valence-electron chi connectivity index (χ0n) is 24.2. The van der Waals surface area contributed by atoms with Gasteiger partial charge in [0.15, 0.2) is 0 Å². The van der Waals surface area contributed by atoms with Gasteiger partial charge in [0.2, 0.25) is 0 Å². The fourth-order valence-corrected chi connectivity index (χ4v) is 7.03. The highest BCUT2D eigenvalue weighted by molar-refractivity contribution is 7.92. The molecule has 41 heavy (non-hydrogen) atoms. The molecule has 1 heterocycles. The third-order valence-corrected chi connectivity index (χ3v) is 9.65. The number of sulfonamides is 1. The molecular weight excluding hydrogens is 556 g/mol. The van der Waals surface area contributed by atoms with Gasteiger partial charge in [-0.3, -0.25) is 14.5 Å². The Hall–Kier alpha value is -2.78. The molecule has 1 saturated heterocycles. The smallest absolute Gasteiger partial charge is 0.261 e. The molecule has 3 aromatic rings. The number of fused-ring (bicyclic) bond motifs is 1. The summed E-state index contributed by atoms with van der Waals surface area (Å²) in [6.45, 7) is 9.85. The molecule has 0 bridgehead atoms. The molecule has 0 radical (unpaired) electrons. The minimum atomic E-state index is -3.67. The van der Waals surface area contributed by atoms with Gasteiger partial charge in [0.1, 0.15) is 5.75 Å². The normalized spacial score (nSPS) is 17.5. The zero-order valence-corrected chi connectivity index (χ0v) is 25.8. The van der Waals surface area contributed by atoms with Gasteiger partial charge in [-0.15, -0.1) is 12.4 Å². The molecule has 0 saturated carbocycles. The van der Waals surface area contributed by atoms with Crippen LogP contribution in [0.2, 0.25) is 0 Å². The van der Waals surface area contributed by atoms with E-state index in [0.717, 1.165) is 71.5 Å². The lowest BCUT2D eigenvalue weighted by Crippen LogP contribution is -2.50. The number of para-hydroxylation sites is 1. The summed E-state index contributed by atoms with van der Waals surface area (Å²) in [6, 6.07) is 23.7. The molecule has 7 nitrogen and oxygen atoms in total. The second-order valence-corrected chi connectivity index (χ2v) is 12.5. The zero-order chi connectivity index (χ0) is 28.0. The van der Waals surface area contributed by atoms with E-state index >= 15 is 0 Å². The Balaban J connectivity index is 0.00000387. The number of anilines is 2. The van der Waals surface area contributed by atoms with Crippen LogP contribution in [0.5, 0.6) is 5.75 Å². The molecule has 0 amide bonds. The first-order valence-electron chi connectivity index (χ1n) is 14.5. The number of ether oxygens (including phenoxy) is 1. The molecule has 3 aromatic carbocycles. The Morgan fingerprint density at radius 1 is 0.927 bits per heavy atom. The fourth-order valence-electron chi connectivity index (χ4n) is 5.98. The Morgan fingerprint density at radius 3 is 2.34 bits per heavy atom. The summed E-state index contributed by atoms with van der Waals surface area (Å²) in [7, 11) is -2.10. The molecule has 0 spiro atoms. The molecule has 1 aliphatic heterocycles. The van der Waals surface area contributed by atoms with Gasteiger partial charge in [-0.1, -0.05) is 31.2 Å². The predicted octanol–water partition coefficient (Wildman–Crippen LogP) is 5.31. The Bertz CT molecular complexity index is 1350. The summed E-state index contributed by atoms with van der Waals surface area (Å²) in [4.78, 5) is 7.98. The summed E-state index contributed by atoms with van der Waals surface area (Å²) >= 11 is 0. The highest BCUT2D eigenvalue weighted by Gasteiger charge is 2.26. The second-order valence-electron chi connectivity index (χ2n) is 10.9. The van der Waals surface area contributed by atoms with Crippen molar-refractivity contribution in [3.05, 3.63) is 83.9 Å². The summed E-state index contributed by atoms with van der Waals surface area (Å²) < 4.78 is 33.9. The molecule has 1 unspecified atom stereocenters. The fraction of sp³-hybridized carbons (Fsp3) is 0.438. The number of aryl methyl sites for hydroxylation is 1. The van der Waals surface area contributed by atoms with Crippen molar-refractivity contribution in [2.45, 2.75) is 43.5 Å². The molecule has 5 rings (SSSR count). The average Bonchev–Trinajstić information content (AvgIpc) is 2.99. The second kappa shape index (κ2) is 14.4. The van der Waals surface area contributed by atoms with E-state index in [-0.39, 0.29) is 17.3 Å². The molecule has 0 aromatic heterocycles. The number of nitrogens with one attached hydrogen (secondary N) is 1. The minimum absolute atomic E-state index is 0. The molecule has 9 heteroatoms. The van der Waals surface area contributed by atoms with Crippen LogP contribution in [0.3, 0.4) is 0 Å². The van der Waals surface area contributed by atoms with Crippen LogP contribution in [-0.2, 0) is 22.9 Å². The molecular formula is C32H43ClN4O3S. The average molecular weight is 599 g/mol. The van der Waals surface area contributed by atoms with Crippen molar-refractivity contribution in [2.24, 2.45) is 0 Å². The molecule has 1 N–H and O–H groups in total. The quantitative estimate of drug-likeness (QED) is 0.323. The Morgan fingerprint density at radius 2 is 1.66 bits per heavy atom. The van der Waals surface area contributed by atoms with Crippen molar-refractivity contribution in [3.8, 4) is 5.75 Å². The van der Waals surface area contributed by atoms with Gasteiger partial charge in [-0.05, 0) is 91.9 Å². The summed E-state index contributed by atoms with van der Waals surface area (Å²) in [5, 5.41) is 0. The number of rotatable bonds is 11. The van der Waals surface area contributed by atoms with E-state index in [9.17, 15) is 8.42 Å². The van der Waals surface area contributed by atoms with Crippen LogP contribution in [0.25, 0.3) is 0 Å². The van der Waals surface area contributed by atoms with Crippen LogP contribution < -0.4 is 14.4 Å². The van der Waals surface area contributed by atoms with Crippen LogP contribution in [0.4, 0.5) is 11.4 Å². The van der Waals surface area contributed by atoms with Gasteiger partial charge in [-0.2, -0.15) is 0 Å². The van der Waals surface area contributed by atoms with E-state index in [0.29, 0.717) is 17.5 Å². The first-order valence-corrected chi connectivity index (χ1v) is 16.0. The number of methoxy groups -OCH3 is 1. The predicted molar refractivity (Wildman–Crippen MR) is 170 cm³/mol. The number of halogens is 1. The van der Waals surface area contributed by atoms with Crippen molar-refractivity contribution in [1.82, 2.24) is 9.80 Å². The van der Waals surface area contributed by atoms with Gasteiger partial charge in [-0.25, -0.2) is 8.42 Å². The van der Waals surface area contributed by atoms with E-state index in [1.165, 1.54) is 16.8 Å². The van der Waals surface area contributed by atoms with Gasteiger partial charge >= 0.3 is 0 Å². The summed E-state index contributed by atoms with van der Waals surface area (Å²) in [5.41, 5.74) is 4.52. The first kappa shape index (κ1) is 31.2. The topological polar surface area (TPSA) is 65.1 Å². The first-order chi connectivity index (χ1) is 19.4. The largest absolute Gasteiger partial charge is 0.497 e. The lowest BCUT2D eigenvalue weighted by molar-refractivity contribution is 0.145. The van der Waals surface area contributed by atoms with Gasteiger partial charge < -0.3 is 9.64 Å².